The number of hydrogen-bond donors (Lipinski definition) is 1. The van der Waals surface area contributed by atoms with Crippen molar-refractivity contribution in [3.8, 4) is 11.5 Å². The van der Waals surface area contributed by atoms with Crippen LogP contribution >= 0.6 is 0 Å². The lowest BCUT2D eigenvalue weighted by atomic mass is 10.1. The highest BCUT2D eigenvalue weighted by atomic mass is 19.1. The second-order valence-corrected chi connectivity index (χ2v) is 4.48. The average Bonchev–Trinajstić information content (AvgIpc) is 2.35. The van der Waals surface area contributed by atoms with Crippen molar-refractivity contribution in [3.63, 3.8) is 0 Å². The minimum atomic E-state index is -0.384. The molecular formula is C15H15F2NO. The lowest BCUT2D eigenvalue weighted by Crippen LogP contribution is -2.07. The molecule has 0 fully saturated rings. The van der Waals surface area contributed by atoms with Gasteiger partial charge in [-0.25, -0.2) is 8.78 Å². The highest BCUT2D eigenvalue weighted by Gasteiger charge is 2.12. The number of aryl methyl sites for hydroxylation is 1. The number of halogens is 2. The number of nitrogens with two attached hydrogens (primary N) is 1. The summed E-state index contributed by atoms with van der Waals surface area (Å²) in [5.41, 5.74) is 7.12. The molecule has 0 unspecified atom stereocenters. The Morgan fingerprint density at radius 3 is 2.32 bits per heavy atom. The van der Waals surface area contributed by atoms with Gasteiger partial charge < -0.3 is 10.5 Å². The van der Waals surface area contributed by atoms with Gasteiger partial charge in [0.05, 0.1) is 0 Å². The number of ether oxygens (including phenoxy) is 1. The molecule has 0 heterocycles. The molecule has 1 atom stereocenters. The van der Waals surface area contributed by atoms with E-state index < -0.39 is 0 Å². The van der Waals surface area contributed by atoms with E-state index in [1.807, 2.05) is 6.92 Å². The molecule has 2 aromatic rings. The predicted octanol–water partition coefficient (Wildman–Crippen LogP) is 4.09. The molecule has 4 heteroatoms. The van der Waals surface area contributed by atoms with Crippen LogP contribution in [0.1, 0.15) is 24.1 Å². The van der Waals surface area contributed by atoms with Gasteiger partial charge in [-0.2, -0.15) is 0 Å². The van der Waals surface area contributed by atoms with Crippen LogP contribution in [0.4, 0.5) is 8.78 Å². The Balaban J connectivity index is 2.40. The van der Waals surface area contributed by atoms with E-state index in [-0.39, 0.29) is 17.7 Å². The second-order valence-electron chi connectivity index (χ2n) is 4.48. The molecule has 19 heavy (non-hydrogen) atoms. The SMILES string of the molecule is Cc1ccc(F)cc1Oc1ccc(F)cc1[C@H](C)N. The third kappa shape index (κ3) is 3.09. The highest BCUT2D eigenvalue weighted by Crippen LogP contribution is 2.31. The summed E-state index contributed by atoms with van der Waals surface area (Å²) in [5, 5.41) is 0. The molecular weight excluding hydrogens is 248 g/mol. The van der Waals surface area contributed by atoms with Crippen molar-refractivity contribution in [2.24, 2.45) is 5.73 Å². The highest BCUT2D eigenvalue weighted by molar-refractivity contribution is 5.42. The van der Waals surface area contributed by atoms with Crippen LogP contribution in [0.5, 0.6) is 11.5 Å². The molecule has 0 amide bonds. The molecule has 0 spiro atoms. The first-order valence-electron chi connectivity index (χ1n) is 5.96. The standard InChI is InChI=1S/C15H15F2NO/c1-9-3-4-12(17)8-15(9)19-14-6-5-11(16)7-13(14)10(2)18/h3-8,10H,18H2,1-2H3/t10-/m0/s1. The zero-order chi connectivity index (χ0) is 14.0. The first-order chi connectivity index (χ1) is 8.97. The Morgan fingerprint density at radius 1 is 1.00 bits per heavy atom. The Morgan fingerprint density at radius 2 is 1.63 bits per heavy atom. The number of hydrogen-bond acceptors (Lipinski definition) is 2. The van der Waals surface area contributed by atoms with Gasteiger partial charge >= 0.3 is 0 Å². The van der Waals surface area contributed by atoms with E-state index in [1.165, 1.54) is 30.3 Å². The Hall–Kier alpha value is -1.94. The van der Waals surface area contributed by atoms with Crippen LogP contribution in [0.2, 0.25) is 0 Å². The summed E-state index contributed by atoms with van der Waals surface area (Å²) in [7, 11) is 0. The van der Waals surface area contributed by atoms with Crippen molar-refractivity contribution in [3.05, 3.63) is 59.2 Å². The van der Waals surface area contributed by atoms with Crippen molar-refractivity contribution >= 4 is 0 Å². The molecule has 0 bridgehead atoms. The molecule has 2 aromatic carbocycles. The van der Waals surface area contributed by atoms with Crippen molar-refractivity contribution in [2.45, 2.75) is 19.9 Å². The van der Waals surface area contributed by atoms with Gasteiger partial charge in [-0.05, 0) is 43.7 Å². The molecule has 0 aliphatic rings. The quantitative estimate of drug-likeness (QED) is 0.905. The summed E-state index contributed by atoms with van der Waals surface area (Å²) < 4.78 is 32.1. The van der Waals surface area contributed by atoms with Crippen LogP contribution in [0.15, 0.2) is 36.4 Å². The van der Waals surface area contributed by atoms with E-state index in [4.69, 9.17) is 10.5 Å². The maximum atomic E-state index is 13.2. The number of rotatable bonds is 3. The van der Waals surface area contributed by atoms with Crippen molar-refractivity contribution < 1.29 is 13.5 Å². The summed E-state index contributed by atoms with van der Waals surface area (Å²) in [5.74, 6) is 0.0688. The number of benzene rings is 2. The van der Waals surface area contributed by atoms with Crippen LogP contribution in [0.3, 0.4) is 0 Å². The van der Waals surface area contributed by atoms with Crippen LogP contribution in [-0.2, 0) is 0 Å². The monoisotopic (exact) mass is 263 g/mol. The van der Waals surface area contributed by atoms with Crippen LogP contribution in [0.25, 0.3) is 0 Å². The molecule has 100 valence electrons. The van der Waals surface area contributed by atoms with E-state index in [0.717, 1.165) is 5.56 Å². The van der Waals surface area contributed by atoms with Gasteiger partial charge in [0, 0.05) is 17.7 Å². The van der Waals surface area contributed by atoms with Gasteiger partial charge in [0.25, 0.3) is 0 Å². The van der Waals surface area contributed by atoms with E-state index >= 15 is 0 Å². The van der Waals surface area contributed by atoms with Gasteiger partial charge in [0.1, 0.15) is 23.1 Å². The third-order valence-electron chi connectivity index (χ3n) is 2.83. The molecule has 0 saturated carbocycles. The van der Waals surface area contributed by atoms with Gasteiger partial charge in [0.15, 0.2) is 0 Å². The van der Waals surface area contributed by atoms with Crippen LogP contribution < -0.4 is 10.5 Å². The summed E-state index contributed by atoms with van der Waals surface area (Å²) in [6, 6.07) is 8.02. The van der Waals surface area contributed by atoms with Crippen LogP contribution in [-0.4, -0.2) is 0 Å². The van der Waals surface area contributed by atoms with Gasteiger partial charge in [-0.3, -0.25) is 0 Å². The molecule has 0 radical (unpaired) electrons. The fourth-order valence-electron chi connectivity index (χ4n) is 1.77. The van der Waals surface area contributed by atoms with Crippen molar-refractivity contribution in [1.82, 2.24) is 0 Å². The average molecular weight is 263 g/mol. The lowest BCUT2D eigenvalue weighted by molar-refractivity contribution is 0.461. The van der Waals surface area contributed by atoms with Gasteiger partial charge in [-0.15, -0.1) is 0 Å². The first-order valence-corrected chi connectivity index (χ1v) is 5.96. The molecule has 0 saturated heterocycles. The first kappa shape index (κ1) is 13.5. The van der Waals surface area contributed by atoms with E-state index in [1.54, 1.807) is 13.0 Å². The smallest absolute Gasteiger partial charge is 0.133 e. The summed E-state index contributed by atoms with van der Waals surface area (Å²) in [6.07, 6.45) is 0. The van der Waals surface area contributed by atoms with Gasteiger partial charge in [0.2, 0.25) is 0 Å². The summed E-state index contributed by atoms with van der Waals surface area (Å²) in [4.78, 5) is 0. The topological polar surface area (TPSA) is 35.2 Å². The molecule has 0 aliphatic carbocycles. The Bertz CT molecular complexity index is 597. The van der Waals surface area contributed by atoms with Crippen molar-refractivity contribution in [2.75, 3.05) is 0 Å². The molecule has 2 N–H and O–H groups in total. The zero-order valence-electron chi connectivity index (χ0n) is 10.8. The largest absolute Gasteiger partial charge is 0.457 e. The fourth-order valence-corrected chi connectivity index (χ4v) is 1.77. The lowest BCUT2D eigenvalue weighted by Gasteiger charge is -2.15. The van der Waals surface area contributed by atoms with Crippen molar-refractivity contribution in [1.29, 1.82) is 0 Å². The second kappa shape index (κ2) is 5.36. The third-order valence-corrected chi connectivity index (χ3v) is 2.83. The summed E-state index contributed by atoms with van der Waals surface area (Å²) in [6.45, 7) is 3.55. The van der Waals surface area contributed by atoms with E-state index in [0.29, 0.717) is 17.1 Å². The maximum Gasteiger partial charge on any atom is 0.133 e. The molecule has 2 rings (SSSR count). The van der Waals surface area contributed by atoms with E-state index in [9.17, 15) is 8.78 Å². The van der Waals surface area contributed by atoms with Gasteiger partial charge in [-0.1, -0.05) is 6.07 Å². The normalized spacial score (nSPS) is 12.3. The van der Waals surface area contributed by atoms with E-state index in [2.05, 4.69) is 0 Å². The van der Waals surface area contributed by atoms with Crippen LogP contribution in [0, 0.1) is 18.6 Å². The molecule has 0 aliphatic heterocycles. The Labute approximate surface area is 110 Å². The Kier molecular flexibility index (Phi) is 3.81. The fraction of sp³-hybridized carbons (Fsp3) is 0.200. The molecule has 2 nitrogen and oxygen atoms in total. The summed E-state index contributed by atoms with van der Waals surface area (Å²) >= 11 is 0. The minimum Gasteiger partial charge on any atom is -0.457 e. The maximum absolute atomic E-state index is 13.2. The minimum absolute atomic E-state index is 0.375. The molecule has 0 aromatic heterocycles. The predicted molar refractivity (Wildman–Crippen MR) is 70.2 cm³/mol. The zero-order valence-corrected chi connectivity index (χ0v) is 10.8.